The number of methoxy groups -OCH3 is 1. The fourth-order valence-electron chi connectivity index (χ4n) is 4.12. The zero-order valence-electron chi connectivity index (χ0n) is 17.6. The number of esters is 1. The Hall–Kier alpha value is -3.19. The first-order chi connectivity index (χ1) is 14.9. The number of carbonyl (C=O) groups excluding carboxylic acids is 2. The van der Waals surface area contributed by atoms with Crippen molar-refractivity contribution in [2.24, 2.45) is 0 Å². The van der Waals surface area contributed by atoms with Crippen molar-refractivity contribution in [3.05, 3.63) is 71.0 Å². The highest BCUT2D eigenvalue weighted by molar-refractivity contribution is 5.99. The van der Waals surface area contributed by atoms with E-state index < -0.39 is 11.7 Å². The van der Waals surface area contributed by atoms with E-state index in [9.17, 15) is 14.0 Å². The summed E-state index contributed by atoms with van der Waals surface area (Å²) < 4.78 is 24.1. The molecule has 1 fully saturated rings. The first-order valence-electron chi connectivity index (χ1n) is 10.2. The number of rotatable bonds is 4. The second kappa shape index (κ2) is 8.51. The molecule has 0 saturated carbocycles. The van der Waals surface area contributed by atoms with Gasteiger partial charge in [0.25, 0.3) is 5.91 Å². The molecule has 162 valence electrons. The highest BCUT2D eigenvalue weighted by Gasteiger charge is 2.46. The van der Waals surface area contributed by atoms with Crippen LogP contribution in [0.15, 0.2) is 48.5 Å². The molecule has 2 aliphatic heterocycles. The lowest BCUT2D eigenvalue weighted by atomic mass is 9.94. The number of piperidine rings is 1. The molecule has 31 heavy (non-hydrogen) atoms. The summed E-state index contributed by atoms with van der Waals surface area (Å²) in [5, 5.41) is 0. The van der Waals surface area contributed by atoms with Crippen molar-refractivity contribution in [2.75, 3.05) is 27.2 Å². The molecule has 0 unspecified atom stereocenters. The number of hydrogen-bond acceptors (Lipinski definition) is 5. The molecule has 4 rings (SSSR count). The predicted molar refractivity (Wildman–Crippen MR) is 114 cm³/mol. The molecular formula is C24H25FN2O4. The first kappa shape index (κ1) is 21.1. The Labute approximate surface area is 180 Å². The average Bonchev–Trinajstić information content (AvgIpc) is 2.79. The van der Waals surface area contributed by atoms with Gasteiger partial charge in [0.2, 0.25) is 0 Å². The van der Waals surface area contributed by atoms with Gasteiger partial charge in [0.05, 0.1) is 12.7 Å². The lowest BCUT2D eigenvalue weighted by Crippen LogP contribution is -2.61. The number of carbonyl (C=O) groups is 2. The van der Waals surface area contributed by atoms with Crippen LogP contribution in [0.2, 0.25) is 0 Å². The second-order valence-electron chi connectivity index (χ2n) is 7.93. The number of nitrogens with zero attached hydrogens (tertiary/aromatic N) is 2. The zero-order chi connectivity index (χ0) is 22.0. The van der Waals surface area contributed by atoms with Crippen molar-refractivity contribution in [1.29, 1.82) is 0 Å². The van der Waals surface area contributed by atoms with Gasteiger partial charge in [-0.05, 0) is 41.5 Å². The van der Waals surface area contributed by atoms with E-state index in [2.05, 4.69) is 9.64 Å². The minimum absolute atomic E-state index is 0.0958. The average molecular weight is 424 g/mol. The standard InChI is InChI=1S/C24H25FN2O4/c1-26-23(29)20-15-17(6-10-22(28)30-2)5-9-21(20)31-24(26)11-13-27(14-12-24)16-18-3-7-19(25)8-4-18/h3-10,15H,11-14,16H2,1-2H3/b10-6+. The van der Waals surface area contributed by atoms with E-state index in [4.69, 9.17) is 4.74 Å². The fourth-order valence-corrected chi connectivity index (χ4v) is 4.12. The van der Waals surface area contributed by atoms with E-state index in [0.717, 1.165) is 30.8 Å². The monoisotopic (exact) mass is 424 g/mol. The second-order valence-corrected chi connectivity index (χ2v) is 7.93. The van der Waals surface area contributed by atoms with Crippen molar-refractivity contribution in [3.63, 3.8) is 0 Å². The summed E-state index contributed by atoms with van der Waals surface area (Å²) in [6.07, 6.45) is 4.29. The van der Waals surface area contributed by atoms with E-state index >= 15 is 0 Å². The molecule has 0 N–H and O–H groups in total. The van der Waals surface area contributed by atoms with E-state index in [1.54, 1.807) is 42.3 Å². The van der Waals surface area contributed by atoms with Crippen LogP contribution in [0.1, 0.15) is 34.3 Å². The normalized spacial score (nSPS) is 18.2. The first-order valence-corrected chi connectivity index (χ1v) is 10.2. The minimum Gasteiger partial charge on any atom is -0.467 e. The summed E-state index contributed by atoms with van der Waals surface area (Å²) in [4.78, 5) is 28.4. The maximum absolute atomic E-state index is 13.1. The van der Waals surface area contributed by atoms with Crippen LogP contribution in [0.5, 0.6) is 5.75 Å². The molecule has 0 atom stereocenters. The molecule has 0 aliphatic carbocycles. The predicted octanol–water partition coefficient (Wildman–Crippen LogP) is 3.47. The third-order valence-electron chi connectivity index (χ3n) is 6.02. The summed E-state index contributed by atoms with van der Waals surface area (Å²) >= 11 is 0. The highest BCUT2D eigenvalue weighted by Crippen LogP contribution is 2.39. The minimum atomic E-state index is -0.674. The van der Waals surface area contributed by atoms with Gasteiger partial charge in [0.1, 0.15) is 11.6 Å². The smallest absolute Gasteiger partial charge is 0.330 e. The number of benzene rings is 2. The number of amides is 1. The topological polar surface area (TPSA) is 59.1 Å². The van der Waals surface area contributed by atoms with Gasteiger partial charge in [-0.1, -0.05) is 18.2 Å². The largest absolute Gasteiger partial charge is 0.467 e. The SMILES string of the molecule is COC(=O)/C=C/c1ccc2c(c1)C(=O)N(C)C1(CCN(Cc3ccc(F)cc3)CC1)O2. The van der Waals surface area contributed by atoms with Crippen LogP contribution >= 0.6 is 0 Å². The van der Waals surface area contributed by atoms with Gasteiger partial charge in [-0.2, -0.15) is 0 Å². The number of hydrogen-bond donors (Lipinski definition) is 0. The molecule has 1 amide bonds. The molecule has 2 heterocycles. The summed E-state index contributed by atoms with van der Waals surface area (Å²) in [5.41, 5.74) is 1.59. The van der Waals surface area contributed by atoms with Crippen molar-refractivity contribution in [2.45, 2.75) is 25.1 Å². The Balaban J connectivity index is 1.47. The van der Waals surface area contributed by atoms with Gasteiger partial charge in [0.15, 0.2) is 5.72 Å². The van der Waals surface area contributed by atoms with Crippen LogP contribution in [0.3, 0.4) is 0 Å². The Kier molecular flexibility index (Phi) is 5.78. The highest BCUT2D eigenvalue weighted by atomic mass is 19.1. The summed E-state index contributed by atoms with van der Waals surface area (Å²) in [5.74, 6) is -0.227. The molecule has 1 spiro atoms. The van der Waals surface area contributed by atoms with E-state index in [1.807, 2.05) is 6.07 Å². The van der Waals surface area contributed by atoms with Crippen molar-refractivity contribution >= 4 is 18.0 Å². The lowest BCUT2D eigenvalue weighted by Gasteiger charge is -2.49. The van der Waals surface area contributed by atoms with Crippen LogP contribution in [0, 0.1) is 5.82 Å². The maximum Gasteiger partial charge on any atom is 0.330 e. The Morgan fingerprint density at radius 1 is 1.19 bits per heavy atom. The van der Waals surface area contributed by atoms with Gasteiger partial charge in [-0.25, -0.2) is 9.18 Å². The molecule has 0 aromatic heterocycles. The molecule has 2 aromatic carbocycles. The third kappa shape index (κ3) is 4.32. The number of fused-ring (bicyclic) bond motifs is 1. The Morgan fingerprint density at radius 3 is 2.58 bits per heavy atom. The lowest BCUT2D eigenvalue weighted by molar-refractivity contribution is -0.134. The quantitative estimate of drug-likeness (QED) is 0.556. The van der Waals surface area contributed by atoms with E-state index in [0.29, 0.717) is 24.2 Å². The van der Waals surface area contributed by atoms with Crippen molar-refractivity contribution in [3.8, 4) is 5.75 Å². The number of ether oxygens (including phenoxy) is 2. The maximum atomic E-state index is 13.1. The van der Waals surface area contributed by atoms with Gasteiger partial charge in [-0.15, -0.1) is 0 Å². The molecule has 0 bridgehead atoms. The van der Waals surface area contributed by atoms with Gasteiger partial charge in [0, 0.05) is 45.6 Å². The summed E-state index contributed by atoms with van der Waals surface area (Å²) in [6.45, 7) is 2.27. The van der Waals surface area contributed by atoms with E-state index in [-0.39, 0.29) is 11.7 Å². The molecule has 6 nitrogen and oxygen atoms in total. The zero-order valence-corrected chi connectivity index (χ0v) is 17.6. The van der Waals surface area contributed by atoms with Crippen LogP contribution in [-0.2, 0) is 16.1 Å². The molecule has 1 saturated heterocycles. The fraction of sp³-hybridized carbons (Fsp3) is 0.333. The molecule has 2 aliphatic rings. The van der Waals surface area contributed by atoms with Crippen LogP contribution in [0.25, 0.3) is 6.08 Å². The Bertz CT molecular complexity index is 1010. The van der Waals surface area contributed by atoms with Crippen LogP contribution in [0.4, 0.5) is 4.39 Å². The molecular weight excluding hydrogens is 399 g/mol. The summed E-state index contributed by atoms with van der Waals surface area (Å²) in [7, 11) is 3.09. The molecule has 7 heteroatoms. The molecule has 2 aromatic rings. The number of likely N-dealkylation sites (tertiary alicyclic amines) is 1. The molecule has 0 radical (unpaired) electrons. The Morgan fingerprint density at radius 2 is 1.90 bits per heavy atom. The summed E-state index contributed by atoms with van der Waals surface area (Å²) in [6, 6.07) is 11.9. The van der Waals surface area contributed by atoms with Gasteiger partial charge in [-0.3, -0.25) is 9.69 Å². The van der Waals surface area contributed by atoms with Crippen LogP contribution in [-0.4, -0.2) is 54.6 Å². The van der Waals surface area contributed by atoms with Crippen LogP contribution < -0.4 is 4.74 Å². The van der Waals surface area contributed by atoms with Crippen molar-refractivity contribution < 1.29 is 23.5 Å². The van der Waals surface area contributed by atoms with Crippen molar-refractivity contribution in [1.82, 2.24) is 9.80 Å². The third-order valence-corrected chi connectivity index (χ3v) is 6.02. The van der Waals surface area contributed by atoms with Gasteiger partial charge >= 0.3 is 5.97 Å². The van der Waals surface area contributed by atoms with E-state index in [1.165, 1.54) is 25.3 Å². The number of halogens is 1. The van der Waals surface area contributed by atoms with Gasteiger partial charge < -0.3 is 14.4 Å².